The van der Waals surface area contributed by atoms with E-state index in [0.29, 0.717) is 11.4 Å². The Balaban J connectivity index is 2.19. The molecule has 0 saturated carbocycles. The van der Waals surface area contributed by atoms with Gasteiger partial charge in [0.25, 0.3) is 5.91 Å². The SMILES string of the molecule is Cc1cc(F)ccc1[C@@H](C)NC(=O)c1ccc(C#N)n1C. The fourth-order valence-corrected chi connectivity index (χ4v) is 2.32. The van der Waals surface area contributed by atoms with Crippen molar-refractivity contribution in [1.29, 1.82) is 5.26 Å². The van der Waals surface area contributed by atoms with Crippen LogP contribution in [0.15, 0.2) is 30.3 Å². The lowest BCUT2D eigenvalue weighted by atomic mass is 10.0. The monoisotopic (exact) mass is 285 g/mol. The van der Waals surface area contributed by atoms with Crippen molar-refractivity contribution in [3.63, 3.8) is 0 Å². The summed E-state index contributed by atoms with van der Waals surface area (Å²) in [5.41, 5.74) is 2.48. The van der Waals surface area contributed by atoms with Gasteiger partial charge >= 0.3 is 0 Å². The average molecular weight is 285 g/mol. The standard InChI is InChI=1S/C16H16FN3O/c1-10-8-12(17)4-6-14(10)11(2)19-16(21)15-7-5-13(9-18)20(15)3/h4-8,11H,1-3H3,(H,19,21)/t11-/m1/s1. The van der Waals surface area contributed by atoms with Crippen LogP contribution >= 0.6 is 0 Å². The van der Waals surface area contributed by atoms with Gasteiger partial charge in [-0.1, -0.05) is 6.07 Å². The zero-order chi connectivity index (χ0) is 15.6. The van der Waals surface area contributed by atoms with E-state index in [1.54, 1.807) is 36.7 Å². The molecule has 2 rings (SSSR count). The summed E-state index contributed by atoms with van der Waals surface area (Å²) in [5.74, 6) is -0.564. The van der Waals surface area contributed by atoms with E-state index in [1.165, 1.54) is 12.1 Å². The van der Waals surface area contributed by atoms with Gasteiger partial charge in [-0.05, 0) is 49.2 Å². The van der Waals surface area contributed by atoms with Gasteiger partial charge in [-0.15, -0.1) is 0 Å². The van der Waals surface area contributed by atoms with Crippen molar-refractivity contribution in [2.24, 2.45) is 7.05 Å². The molecular weight excluding hydrogens is 269 g/mol. The predicted molar refractivity (Wildman–Crippen MR) is 77.1 cm³/mol. The van der Waals surface area contributed by atoms with E-state index in [9.17, 15) is 9.18 Å². The fourth-order valence-electron chi connectivity index (χ4n) is 2.32. The first-order valence-corrected chi connectivity index (χ1v) is 6.56. The zero-order valence-electron chi connectivity index (χ0n) is 12.1. The Kier molecular flexibility index (Phi) is 4.08. The Morgan fingerprint density at radius 2 is 2.10 bits per heavy atom. The number of hydrogen-bond donors (Lipinski definition) is 1. The van der Waals surface area contributed by atoms with Crippen LogP contribution in [0.5, 0.6) is 0 Å². The average Bonchev–Trinajstić information content (AvgIpc) is 2.79. The fraction of sp³-hybridized carbons (Fsp3) is 0.250. The lowest BCUT2D eigenvalue weighted by molar-refractivity contribution is 0.0931. The molecule has 1 atom stereocenters. The lowest BCUT2D eigenvalue weighted by Crippen LogP contribution is -2.28. The molecule has 108 valence electrons. The minimum Gasteiger partial charge on any atom is -0.344 e. The van der Waals surface area contributed by atoms with E-state index in [4.69, 9.17) is 5.26 Å². The molecule has 0 unspecified atom stereocenters. The summed E-state index contributed by atoms with van der Waals surface area (Å²) >= 11 is 0. The van der Waals surface area contributed by atoms with Crippen LogP contribution in [0.1, 0.15) is 40.3 Å². The van der Waals surface area contributed by atoms with Crippen LogP contribution < -0.4 is 5.32 Å². The number of nitriles is 1. The second kappa shape index (κ2) is 5.80. The summed E-state index contributed by atoms with van der Waals surface area (Å²) in [6.07, 6.45) is 0. The highest BCUT2D eigenvalue weighted by atomic mass is 19.1. The van der Waals surface area contributed by atoms with Crippen LogP contribution in [0.4, 0.5) is 4.39 Å². The summed E-state index contributed by atoms with van der Waals surface area (Å²) in [4.78, 5) is 12.2. The molecule has 0 radical (unpaired) electrons. The smallest absolute Gasteiger partial charge is 0.268 e. The molecule has 1 aromatic heterocycles. The maximum absolute atomic E-state index is 13.1. The normalized spacial score (nSPS) is 11.8. The van der Waals surface area contributed by atoms with Crippen LogP contribution in [0, 0.1) is 24.1 Å². The van der Waals surface area contributed by atoms with Crippen molar-refractivity contribution in [1.82, 2.24) is 9.88 Å². The Morgan fingerprint density at radius 1 is 1.38 bits per heavy atom. The first kappa shape index (κ1) is 14.8. The second-order valence-corrected chi connectivity index (χ2v) is 4.97. The van der Waals surface area contributed by atoms with Gasteiger partial charge in [0.05, 0.1) is 6.04 Å². The molecule has 4 nitrogen and oxygen atoms in total. The van der Waals surface area contributed by atoms with Crippen LogP contribution in [-0.4, -0.2) is 10.5 Å². The molecule has 1 N–H and O–H groups in total. The number of hydrogen-bond acceptors (Lipinski definition) is 2. The van der Waals surface area contributed by atoms with Crippen LogP contribution in [-0.2, 0) is 7.05 Å². The molecule has 0 bridgehead atoms. The van der Waals surface area contributed by atoms with E-state index in [-0.39, 0.29) is 17.8 Å². The van der Waals surface area contributed by atoms with E-state index in [0.717, 1.165) is 11.1 Å². The minimum absolute atomic E-state index is 0.251. The Morgan fingerprint density at radius 3 is 2.67 bits per heavy atom. The van der Waals surface area contributed by atoms with E-state index in [2.05, 4.69) is 5.32 Å². The quantitative estimate of drug-likeness (QED) is 0.942. The van der Waals surface area contributed by atoms with Crippen LogP contribution in [0.2, 0.25) is 0 Å². The minimum atomic E-state index is -0.295. The summed E-state index contributed by atoms with van der Waals surface area (Å²) in [5, 5.41) is 11.8. The molecule has 0 spiro atoms. The number of nitrogens with one attached hydrogen (secondary N) is 1. The van der Waals surface area contributed by atoms with E-state index < -0.39 is 0 Å². The van der Waals surface area contributed by atoms with Crippen molar-refractivity contribution >= 4 is 5.91 Å². The Hall–Kier alpha value is -2.61. The molecule has 1 heterocycles. The van der Waals surface area contributed by atoms with Crippen molar-refractivity contribution in [2.45, 2.75) is 19.9 Å². The van der Waals surface area contributed by atoms with Crippen LogP contribution in [0.25, 0.3) is 0 Å². The summed E-state index contributed by atoms with van der Waals surface area (Å²) < 4.78 is 14.7. The van der Waals surface area contributed by atoms with Gasteiger partial charge in [-0.2, -0.15) is 5.26 Å². The molecule has 0 aliphatic rings. The number of carbonyl (C=O) groups is 1. The van der Waals surface area contributed by atoms with Crippen molar-refractivity contribution in [3.05, 3.63) is 58.7 Å². The Labute approximate surface area is 122 Å². The molecule has 5 heteroatoms. The molecule has 0 fully saturated rings. The third-order valence-electron chi connectivity index (χ3n) is 3.51. The molecule has 0 saturated heterocycles. The number of aromatic nitrogens is 1. The third-order valence-corrected chi connectivity index (χ3v) is 3.51. The van der Waals surface area contributed by atoms with Gasteiger partial charge in [-0.3, -0.25) is 4.79 Å². The van der Waals surface area contributed by atoms with E-state index >= 15 is 0 Å². The van der Waals surface area contributed by atoms with Crippen molar-refractivity contribution < 1.29 is 9.18 Å². The number of carbonyl (C=O) groups excluding carboxylic acids is 1. The van der Waals surface area contributed by atoms with Gasteiger partial charge in [0.2, 0.25) is 0 Å². The highest BCUT2D eigenvalue weighted by molar-refractivity contribution is 5.93. The predicted octanol–water partition coefficient (Wildman–Crippen LogP) is 2.84. The lowest BCUT2D eigenvalue weighted by Gasteiger charge is -2.17. The largest absolute Gasteiger partial charge is 0.344 e. The molecule has 1 amide bonds. The highest BCUT2D eigenvalue weighted by Gasteiger charge is 2.16. The summed E-state index contributed by atoms with van der Waals surface area (Å²) in [6.45, 7) is 3.64. The maximum Gasteiger partial charge on any atom is 0.268 e. The molecule has 0 aliphatic heterocycles. The topological polar surface area (TPSA) is 57.8 Å². The molecule has 0 aliphatic carbocycles. The summed E-state index contributed by atoms with van der Waals surface area (Å²) in [6, 6.07) is 9.45. The van der Waals surface area contributed by atoms with Crippen LogP contribution in [0.3, 0.4) is 0 Å². The van der Waals surface area contributed by atoms with Gasteiger partial charge < -0.3 is 9.88 Å². The first-order valence-electron chi connectivity index (χ1n) is 6.56. The second-order valence-electron chi connectivity index (χ2n) is 4.97. The summed E-state index contributed by atoms with van der Waals surface area (Å²) in [7, 11) is 1.67. The van der Waals surface area contributed by atoms with E-state index in [1.807, 2.05) is 13.0 Å². The molecule has 2 aromatic rings. The maximum atomic E-state index is 13.1. The number of nitrogens with zero attached hydrogens (tertiary/aromatic N) is 2. The van der Waals surface area contributed by atoms with Crippen molar-refractivity contribution in [3.8, 4) is 6.07 Å². The molecule has 1 aromatic carbocycles. The number of rotatable bonds is 3. The van der Waals surface area contributed by atoms with Gasteiger partial charge in [-0.25, -0.2) is 4.39 Å². The van der Waals surface area contributed by atoms with Gasteiger partial charge in [0.1, 0.15) is 23.3 Å². The number of amides is 1. The first-order chi connectivity index (χ1) is 9.93. The number of aryl methyl sites for hydroxylation is 1. The number of benzene rings is 1. The van der Waals surface area contributed by atoms with Gasteiger partial charge in [0.15, 0.2) is 0 Å². The highest BCUT2D eigenvalue weighted by Crippen LogP contribution is 2.19. The number of halogens is 1. The molecular formula is C16H16FN3O. The molecule has 21 heavy (non-hydrogen) atoms. The van der Waals surface area contributed by atoms with Crippen molar-refractivity contribution in [2.75, 3.05) is 0 Å². The van der Waals surface area contributed by atoms with Gasteiger partial charge in [0, 0.05) is 7.05 Å². The Bertz CT molecular complexity index is 728. The third kappa shape index (κ3) is 2.95. The zero-order valence-corrected chi connectivity index (χ0v) is 12.1.